The van der Waals surface area contributed by atoms with Crippen molar-refractivity contribution in [1.82, 2.24) is 0 Å². The molecule has 10 heteroatoms. The summed E-state index contributed by atoms with van der Waals surface area (Å²) in [5.74, 6) is -0.872. The van der Waals surface area contributed by atoms with E-state index in [2.05, 4.69) is 233 Å². The Bertz CT molecular complexity index is 2500. The molecule has 0 spiro atoms. The number of hydrogen-bond acceptors (Lipinski definition) is 8. The van der Waals surface area contributed by atoms with E-state index in [4.69, 9.17) is 18.5 Å². The number of likely N-dealkylation sites (N-methyl/N-ethyl adjacent to an activating group) is 1. The van der Waals surface area contributed by atoms with Gasteiger partial charge in [-0.1, -0.05) is 335 Å². The van der Waals surface area contributed by atoms with E-state index < -0.39 is 32.5 Å². The van der Waals surface area contributed by atoms with Crippen LogP contribution in [-0.4, -0.2) is 70.0 Å². The van der Waals surface area contributed by atoms with E-state index in [0.717, 1.165) is 167 Å². The lowest BCUT2D eigenvalue weighted by molar-refractivity contribution is -0.870. The summed E-state index contributed by atoms with van der Waals surface area (Å²) in [6, 6.07) is 0. The number of phosphoric ester groups is 1. The number of ether oxygens (including phenoxy) is 2. The average Bonchev–Trinajstić information content (AvgIpc) is 1.65. The fraction of sp³-hybridized carbons (Fsp3) is 0.578. The maximum Gasteiger partial charge on any atom is 0.306 e. The molecule has 0 saturated carbocycles. The SMILES string of the molecule is CC/C=C\C/C=C\C/C=C\C/C=C\C/C=C\C/C=C\C/C=C\C/C=C\C/C=C\C/C=C\CCCCCCC(=O)OC(COC(=O)CCCCCCCCCCCCCCCCCC/C=C\C/C=C\C/C=C\C/C=C\C/C=C\C/C=C\C/C=C\C/C=C\CC)COP(=O)([O-])OCC[N+](C)(C)C. The molecule has 0 fully saturated rings. The van der Waals surface area contributed by atoms with Crippen molar-refractivity contribution in [2.75, 3.05) is 47.5 Å². The van der Waals surface area contributed by atoms with Gasteiger partial charge in [-0.15, -0.1) is 0 Å². The van der Waals surface area contributed by atoms with Crippen LogP contribution in [-0.2, 0) is 32.7 Å². The van der Waals surface area contributed by atoms with Gasteiger partial charge in [0.1, 0.15) is 19.8 Å². The van der Waals surface area contributed by atoms with E-state index in [-0.39, 0.29) is 26.1 Å². The Hall–Kier alpha value is -5.67. The van der Waals surface area contributed by atoms with Gasteiger partial charge in [-0.3, -0.25) is 14.2 Å². The minimum Gasteiger partial charge on any atom is -0.756 e. The first-order valence-electron chi connectivity index (χ1n) is 39.4. The molecule has 100 heavy (non-hydrogen) atoms. The van der Waals surface area contributed by atoms with Gasteiger partial charge in [0, 0.05) is 12.8 Å². The van der Waals surface area contributed by atoms with Crippen molar-refractivity contribution in [3.05, 3.63) is 219 Å². The van der Waals surface area contributed by atoms with Crippen molar-refractivity contribution in [3.8, 4) is 0 Å². The van der Waals surface area contributed by atoms with Crippen molar-refractivity contribution in [1.29, 1.82) is 0 Å². The van der Waals surface area contributed by atoms with Gasteiger partial charge < -0.3 is 27.9 Å². The highest BCUT2D eigenvalue weighted by Crippen LogP contribution is 2.38. The molecule has 0 bridgehead atoms. The van der Waals surface area contributed by atoms with Crippen molar-refractivity contribution in [2.24, 2.45) is 0 Å². The summed E-state index contributed by atoms with van der Waals surface area (Å²) in [7, 11) is 1.12. The summed E-state index contributed by atoms with van der Waals surface area (Å²) >= 11 is 0. The lowest BCUT2D eigenvalue weighted by atomic mass is 10.0. The van der Waals surface area contributed by atoms with Gasteiger partial charge in [0.15, 0.2) is 6.10 Å². The van der Waals surface area contributed by atoms with Crippen LogP contribution >= 0.6 is 7.82 Å². The van der Waals surface area contributed by atoms with Gasteiger partial charge in [0.05, 0.1) is 27.7 Å². The van der Waals surface area contributed by atoms with Gasteiger partial charge >= 0.3 is 11.9 Å². The number of hydrogen-bond donors (Lipinski definition) is 0. The molecule has 0 rings (SSSR count). The Labute approximate surface area is 614 Å². The summed E-state index contributed by atoms with van der Waals surface area (Å²) in [6.45, 7) is 3.97. The van der Waals surface area contributed by atoms with Crippen LogP contribution in [0.4, 0.5) is 0 Å². The lowest BCUT2D eigenvalue weighted by Gasteiger charge is -2.28. The number of carbonyl (C=O) groups excluding carboxylic acids is 2. The third-order valence-corrected chi connectivity index (χ3v) is 17.0. The molecular formula is C90H144NO8P. The van der Waals surface area contributed by atoms with Crippen molar-refractivity contribution in [3.63, 3.8) is 0 Å². The van der Waals surface area contributed by atoms with E-state index >= 15 is 0 Å². The molecule has 2 unspecified atom stereocenters. The average molecular weight is 1400 g/mol. The highest BCUT2D eigenvalue weighted by Gasteiger charge is 2.22. The minimum absolute atomic E-state index is 0.0465. The Kier molecular flexibility index (Phi) is 73.1. The minimum atomic E-state index is -4.67. The molecule has 0 aromatic heterocycles. The largest absolute Gasteiger partial charge is 0.756 e. The van der Waals surface area contributed by atoms with Crippen LogP contribution < -0.4 is 4.89 Å². The highest BCUT2D eigenvalue weighted by atomic mass is 31.2. The number of esters is 2. The van der Waals surface area contributed by atoms with Crippen LogP contribution in [0.5, 0.6) is 0 Å². The molecule has 0 N–H and O–H groups in total. The molecule has 0 aliphatic carbocycles. The quantitative estimate of drug-likeness (QED) is 0.0195. The second-order valence-electron chi connectivity index (χ2n) is 26.6. The van der Waals surface area contributed by atoms with E-state index in [9.17, 15) is 19.0 Å². The summed E-state index contributed by atoms with van der Waals surface area (Å²) in [4.78, 5) is 38.2. The molecule has 0 amide bonds. The molecule has 2 atom stereocenters. The predicted molar refractivity (Wildman–Crippen MR) is 433 cm³/mol. The fourth-order valence-corrected chi connectivity index (χ4v) is 10.8. The van der Waals surface area contributed by atoms with Gasteiger partial charge in [-0.05, 0) is 154 Å². The summed E-state index contributed by atoms with van der Waals surface area (Å²) in [6.07, 6.45) is 123. The molecule has 0 aromatic carbocycles. The first-order chi connectivity index (χ1) is 49.0. The number of rotatable bonds is 70. The van der Waals surface area contributed by atoms with Gasteiger partial charge in [-0.25, -0.2) is 0 Å². The molecular weight excluding hydrogens is 1250 g/mol. The Morgan fingerprint density at radius 2 is 0.540 bits per heavy atom. The second-order valence-corrected chi connectivity index (χ2v) is 28.0. The standard InChI is InChI=1S/C90H144NO8P/c1-6-8-10-12-14-16-18-20-22-24-26-28-30-32-34-36-38-40-42-43-44-45-46-47-49-50-52-54-56-58-60-62-64-66-68-70-72-74-76-78-80-82-89(92)96-86-88(87-98-100(94,95)97-85-84-91(3,4)5)99-90(93)83-81-79-77-75-73-71-69-67-65-63-61-59-57-55-53-51-48-41-39-37-35-33-31-29-27-25-23-21-19-17-15-13-11-9-7-2/h8-11,14-17,20-23,26-29,32-35,38-41,43-44,46-47,51,53,57,59,63,65,69,71,88H,6-7,12-13,18-19,24-25,30-31,36-37,42,45,48-50,52,54-56,58,60-62,64,66-68,70,72-87H2,1-5H3/b10-8-,11-9-,16-14-,17-15-,22-20-,23-21-,28-26-,29-27-,34-32-,35-33-,40-38-,41-39-,44-43-,47-46-,53-51-,59-57-,65-63-,71-69-. The molecule has 0 heterocycles. The van der Waals surface area contributed by atoms with E-state index in [1.165, 1.54) is 83.5 Å². The normalized spacial score (nSPS) is 14.3. The Morgan fingerprint density at radius 1 is 0.310 bits per heavy atom. The monoisotopic (exact) mass is 1400 g/mol. The number of carbonyl (C=O) groups is 2. The molecule has 0 aliphatic rings. The van der Waals surface area contributed by atoms with Crippen molar-refractivity contribution < 1.29 is 42.1 Å². The van der Waals surface area contributed by atoms with Crippen LogP contribution in [0.15, 0.2) is 219 Å². The summed E-state index contributed by atoms with van der Waals surface area (Å²) < 4.78 is 34.3. The first-order valence-corrected chi connectivity index (χ1v) is 40.9. The molecule has 9 nitrogen and oxygen atoms in total. The first kappa shape index (κ1) is 94.3. The van der Waals surface area contributed by atoms with Gasteiger partial charge in [0.25, 0.3) is 7.82 Å². The number of allylic oxidation sites excluding steroid dienone is 36. The van der Waals surface area contributed by atoms with Crippen LogP contribution in [0.25, 0.3) is 0 Å². The van der Waals surface area contributed by atoms with E-state index in [1.807, 2.05) is 21.1 Å². The Morgan fingerprint density at radius 3 is 0.800 bits per heavy atom. The van der Waals surface area contributed by atoms with Gasteiger partial charge in [-0.2, -0.15) is 0 Å². The van der Waals surface area contributed by atoms with Crippen LogP contribution in [0, 0.1) is 0 Å². The number of nitrogens with zero attached hydrogens (tertiary/aromatic N) is 1. The van der Waals surface area contributed by atoms with E-state index in [1.54, 1.807) is 0 Å². The maximum atomic E-state index is 12.9. The third-order valence-electron chi connectivity index (χ3n) is 16.0. The lowest BCUT2D eigenvalue weighted by Crippen LogP contribution is -2.37. The Balaban J connectivity index is 4.10. The van der Waals surface area contributed by atoms with Crippen LogP contribution in [0.1, 0.15) is 284 Å². The van der Waals surface area contributed by atoms with Crippen molar-refractivity contribution in [2.45, 2.75) is 290 Å². The summed E-state index contributed by atoms with van der Waals surface area (Å²) in [5.41, 5.74) is 0. The number of unbranched alkanes of at least 4 members (excludes halogenated alkanes) is 20. The zero-order valence-electron chi connectivity index (χ0n) is 64.0. The van der Waals surface area contributed by atoms with Crippen molar-refractivity contribution >= 4 is 19.8 Å². The highest BCUT2D eigenvalue weighted by molar-refractivity contribution is 7.45. The maximum absolute atomic E-state index is 12.9. The number of phosphoric acid groups is 1. The smallest absolute Gasteiger partial charge is 0.306 e. The molecule has 562 valence electrons. The molecule has 0 radical (unpaired) electrons. The predicted octanol–water partition coefficient (Wildman–Crippen LogP) is 26.1. The summed E-state index contributed by atoms with van der Waals surface area (Å²) in [5, 5.41) is 0. The molecule has 0 aliphatic heterocycles. The van der Waals surface area contributed by atoms with E-state index in [0.29, 0.717) is 17.4 Å². The molecule has 0 saturated heterocycles. The van der Waals surface area contributed by atoms with Crippen LogP contribution in [0.3, 0.4) is 0 Å². The zero-order chi connectivity index (χ0) is 72.5. The third kappa shape index (κ3) is 81.3. The second kappa shape index (κ2) is 77.5. The molecule has 0 aromatic rings. The van der Waals surface area contributed by atoms with Gasteiger partial charge in [0.2, 0.25) is 0 Å². The van der Waals surface area contributed by atoms with Crippen LogP contribution in [0.2, 0.25) is 0 Å². The number of quaternary nitrogens is 1. The topological polar surface area (TPSA) is 111 Å². The zero-order valence-corrected chi connectivity index (χ0v) is 64.9. The fourth-order valence-electron chi connectivity index (χ4n) is 10.1.